The number of fused-ring (bicyclic) bond motifs is 2. The van der Waals surface area contributed by atoms with E-state index in [0.29, 0.717) is 52.5 Å². The number of hydrogen-bond acceptors (Lipinski definition) is 8. The Morgan fingerprint density at radius 3 is 2.60 bits per heavy atom. The molecule has 13 heteroatoms. The third kappa shape index (κ3) is 6.82. The second-order valence-electron chi connectivity index (χ2n) is 12.6. The van der Waals surface area contributed by atoms with Gasteiger partial charge in [-0.05, 0) is 61.9 Å². The van der Waals surface area contributed by atoms with Crippen LogP contribution in [-0.2, 0) is 11.5 Å². The lowest BCUT2D eigenvalue weighted by Gasteiger charge is -2.20. The third-order valence-electron chi connectivity index (χ3n) is 7.86. The Hall–Kier alpha value is -4.46. The zero-order valence-corrected chi connectivity index (χ0v) is 29.1. The predicted molar refractivity (Wildman–Crippen MR) is 186 cm³/mol. The fourth-order valence-corrected chi connectivity index (χ4v) is 7.26. The quantitative estimate of drug-likeness (QED) is 0.107. The lowest BCUT2D eigenvalue weighted by molar-refractivity contribution is 0.0896. The van der Waals surface area contributed by atoms with Crippen LogP contribution in [0, 0.1) is 12.7 Å². The molecule has 0 saturated heterocycles. The first kappa shape index (κ1) is 32.5. The van der Waals surface area contributed by atoms with Crippen LogP contribution in [-0.4, -0.2) is 50.5 Å². The Labute approximate surface area is 277 Å². The normalized spacial score (nSPS) is 12.6. The van der Waals surface area contributed by atoms with Crippen LogP contribution >= 0.6 is 11.8 Å². The summed E-state index contributed by atoms with van der Waals surface area (Å²) in [6.07, 6.45) is 5.25. The molecule has 0 spiro atoms. The summed E-state index contributed by atoms with van der Waals surface area (Å²) < 4.78 is 31.3. The second kappa shape index (κ2) is 13.3. The van der Waals surface area contributed by atoms with Gasteiger partial charge in [0.25, 0.3) is 5.56 Å². The molecule has 1 unspecified atom stereocenters. The average Bonchev–Trinajstić information content (AvgIpc) is 3.59. The van der Waals surface area contributed by atoms with Gasteiger partial charge in [0.2, 0.25) is 0 Å². The Morgan fingerprint density at radius 1 is 1.06 bits per heavy atom. The van der Waals surface area contributed by atoms with Gasteiger partial charge in [-0.25, -0.2) is 18.9 Å². The van der Waals surface area contributed by atoms with Crippen molar-refractivity contribution >= 4 is 42.2 Å². The molecule has 47 heavy (non-hydrogen) atoms. The summed E-state index contributed by atoms with van der Waals surface area (Å²) >= 11 is 1.36. The van der Waals surface area contributed by atoms with Gasteiger partial charge in [-0.2, -0.15) is 5.10 Å². The van der Waals surface area contributed by atoms with Gasteiger partial charge >= 0.3 is 0 Å². The lowest BCUT2D eigenvalue weighted by Crippen LogP contribution is -2.29. The van der Waals surface area contributed by atoms with E-state index < -0.39 is 14.1 Å². The van der Waals surface area contributed by atoms with Crippen molar-refractivity contribution in [1.29, 1.82) is 0 Å². The summed E-state index contributed by atoms with van der Waals surface area (Å²) in [5.41, 5.74) is 2.57. The van der Waals surface area contributed by atoms with Gasteiger partial charge < -0.3 is 19.4 Å². The van der Waals surface area contributed by atoms with E-state index >= 15 is 0 Å². The molecular weight excluding hydrogens is 634 g/mol. The number of halogens is 1. The predicted octanol–water partition coefficient (Wildman–Crippen LogP) is 7.32. The molecule has 1 N–H and O–H groups in total. The van der Waals surface area contributed by atoms with Crippen LogP contribution < -0.4 is 15.6 Å². The third-order valence-corrected chi connectivity index (χ3v) is 10.6. The maximum Gasteiger partial charge on any atom is 0.282 e. The number of rotatable bonds is 12. The highest BCUT2D eigenvalue weighted by molar-refractivity contribution is 7.99. The zero-order valence-electron chi connectivity index (χ0n) is 27.3. The minimum atomic E-state index is -1.28. The van der Waals surface area contributed by atoms with E-state index in [4.69, 9.17) is 14.6 Å². The van der Waals surface area contributed by atoms with Crippen LogP contribution in [0.3, 0.4) is 0 Å². The number of benzene rings is 2. The number of anilines is 1. The van der Waals surface area contributed by atoms with Crippen molar-refractivity contribution < 1.29 is 13.9 Å². The molecule has 6 rings (SSSR count). The number of aromatic nitrogens is 6. The summed E-state index contributed by atoms with van der Waals surface area (Å²) in [6, 6.07) is 16.4. The van der Waals surface area contributed by atoms with Gasteiger partial charge in [-0.15, -0.1) is 0 Å². The highest BCUT2D eigenvalue weighted by Crippen LogP contribution is 2.41. The van der Waals surface area contributed by atoms with E-state index in [1.807, 2.05) is 61.0 Å². The number of nitrogens with one attached hydrogen (secondary N) is 1. The van der Waals surface area contributed by atoms with Gasteiger partial charge in [0.05, 0.1) is 29.1 Å². The van der Waals surface area contributed by atoms with E-state index in [9.17, 15) is 9.18 Å². The second-order valence-corrected chi connectivity index (χ2v) is 19.3. The van der Waals surface area contributed by atoms with Gasteiger partial charge in [-0.3, -0.25) is 9.36 Å². The fraction of sp³-hybridized carbons (Fsp3) is 0.294. The Kier molecular flexibility index (Phi) is 9.22. The molecule has 0 aliphatic rings. The first-order valence-electron chi connectivity index (χ1n) is 15.4. The fourth-order valence-electron chi connectivity index (χ4n) is 5.37. The molecule has 0 amide bonds. The topological polar surface area (TPSA) is 100 Å². The van der Waals surface area contributed by atoms with Crippen molar-refractivity contribution in [3.63, 3.8) is 0 Å². The number of nitrogens with zero attached hydrogens (tertiary/aromatic N) is 6. The van der Waals surface area contributed by atoms with E-state index in [2.05, 4.69) is 34.9 Å². The van der Waals surface area contributed by atoms with Crippen molar-refractivity contribution in [3.05, 3.63) is 101 Å². The van der Waals surface area contributed by atoms with Crippen LogP contribution in [0.5, 0.6) is 5.75 Å². The average molecular weight is 672 g/mol. The molecule has 0 aliphatic heterocycles. The number of hydrogen-bond donors (Lipinski definition) is 1. The highest BCUT2D eigenvalue weighted by atomic mass is 32.2. The number of ether oxygens (including phenoxy) is 2. The molecule has 6 aromatic rings. The van der Waals surface area contributed by atoms with Crippen LogP contribution in [0.2, 0.25) is 25.7 Å². The van der Waals surface area contributed by atoms with Gasteiger partial charge in [0, 0.05) is 32.0 Å². The molecule has 1 atom stereocenters. The first-order valence-corrected chi connectivity index (χ1v) is 19.9. The van der Waals surface area contributed by atoms with Crippen LogP contribution in [0.25, 0.3) is 22.2 Å². The van der Waals surface area contributed by atoms with Crippen LogP contribution in [0.15, 0.2) is 87.9 Å². The number of methoxy groups -OCH3 is 1. The van der Waals surface area contributed by atoms with E-state index in [1.54, 1.807) is 28.5 Å². The molecule has 0 saturated carbocycles. The maximum atomic E-state index is 14.4. The number of para-hydroxylation sites is 1. The molecular formula is C34H38FN7O3SSi. The molecule has 4 heterocycles. The highest BCUT2D eigenvalue weighted by Gasteiger charge is 2.23. The summed E-state index contributed by atoms with van der Waals surface area (Å²) in [5.74, 6) is 1.23. The van der Waals surface area contributed by atoms with Gasteiger partial charge in [0.15, 0.2) is 5.82 Å². The monoisotopic (exact) mass is 671 g/mol. The van der Waals surface area contributed by atoms with Crippen LogP contribution in [0.4, 0.5) is 10.2 Å². The summed E-state index contributed by atoms with van der Waals surface area (Å²) in [7, 11) is 0.287. The standard InChI is InChI=1S/C34H38FN7O3SSi/c1-22-14-15-41-30(22)34(43)42(25-10-8-7-9-11-25)32(39-41)23(2)38-31-29-28(46-27-18-24(35)12-13-26(27)44-3)19-40(33(29)37-20-36-31)21-45-16-17-47(4,5)6/h7-15,18-20,23H,16-17,21H2,1-6H3,(H,36,37,38). The largest absolute Gasteiger partial charge is 0.496 e. The van der Waals surface area contributed by atoms with Crippen molar-refractivity contribution in [3.8, 4) is 11.4 Å². The molecule has 0 fully saturated rings. The molecule has 244 valence electrons. The maximum absolute atomic E-state index is 14.4. The Morgan fingerprint density at radius 2 is 1.85 bits per heavy atom. The van der Waals surface area contributed by atoms with Crippen LogP contribution in [0.1, 0.15) is 24.4 Å². The molecule has 0 radical (unpaired) electrons. The summed E-state index contributed by atoms with van der Waals surface area (Å²) in [6.45, 7) is 11.7. The molecule has 0 aliphatic carbocycles. The van der Waals surface area contributed by atoms with E-state index in [0.717, 1.165) is 21.9 Å². The Balaban J connectivity index is 1.44. The lowest BCUT2D eigenvalue weighted by atomic mass is 10.2. The molecule has 10 nitrogen and oxygen atoms in total. The smallest absolute Gasteiger partial charge is 0.282 e. The summed E-state index contributed by atoms with van der Waals surface area (Å²) in [4.78, 5) is 24.6. The van der Waals surface area contributed by atoms with E-state index in [-0.39, 0.29) is 11.4 Å². The number of aryl methyl sites for hydroxylation is 1. The molecule has 2 aromatic carbocycles. The first-order chi connectivity index (χ1) is 22.5. The van der Waals surface area contributed by atoms with Crippen molar-refractivity contribution in [2.24, 2.45) is 0 Å². The molecule has 4 aromatic heterocycles. The van der Waals surface area contributed by atoms with Crippen molar-refractivity contribution in [1.82, 2.24) is 28.7 Å². The molecule has 0 bridgehead atoms. The summed E-state index contributed by atoms with van der Waals surface area (Å²) in [5, 5.41) is 9.15. The van der Waals surface area contributed by atoms with Gasteiger partial charge in [0.1, 0.15) is 41.6 Å². The van der Waals surface area contributed by atoms with Crippen molar-refractivity contribution in [2.75, 3.05) is 19.0 Å². The minimum Gasteiger partial charge on any atom is -0.496 e. The van der Waals surface area contributed by atoms with E-state index in [1.165, 1.54) is 30.2 Å². The SMILES string of the molecule is COc1ccc(F)cc1Sc1cn(COCC[Si](C)(C)C)c2ncnc(NC(C)c3nn4ccc(C)c4c(=O)n3-c3ccccc3)c12. The Bertz CT molecular complexity index is 2110. The van der Waals surface area contributed by atoms with Gasteiger partial charge in [-0.1, -0.05) is 49.6 Å². The van der Waals surface area contributed by atoms with Crippen molar-refractivity contribution in [2.45, 2.75) is 62.1 Å². The zero-order chi connectivity index (χ0) is 33.3. The minimum absolute atomic E-state index is 0.166.